The number of likely N-dealkylation sites (tertiary alicyclic amines) is 1. The van der Waals surface area contributed by atoms with Crippen molar-refractivity contribution < 1.29 is 19.3 Å². The first-order chi connectivity index (χ1) is 16.3. The van der Waals surface area contributed by atoms with Gasteiger partial charge in [0.1, 0.15) is 0 Å². The van der Waals surface area contributed by atoms with Gasteiger partial charge in [-0.25, -0.2) is 0 Å². The van der Waals surface area contributed by atoms with E-state index >= 15 is 0 Å². The third-order valence-corrected chi connectivity index (χ3v) is 7.44. The predicted molar refractivity (Wildman–Crippen MR) is 125 cm³/mol. The Balaban J connectivity index is 1.43. The lowest BCUT2D eigenvalue weighted by Crippen LogP contribution is -2.38. The van der Waals surface area contributed by atoms with Gasteiger partial charge in [-0.2, -0.15) is 0 Å². The number of fused-ring (bicyclic) bond motifs is 5. The standard InChI is InChI=1S/C26H25N3O5/c1-14-5-3-4-6-19(14)21(13-22(30)27-20-10-9-18(29(33)34)11-15(20)2)28-25(31)23-16-7-8-17(12-16)24(23)26(28)32/h3-11,16-17,21,23-24H,12-13H2,1-2H3,(H,27,30). The van der Waals surface area contributed by atoms with Crippen molar-refractivity contribution >= 4 is 29.1 Å². The first kappa shape index (κ1) is 22.0. The van der Waals surface area contributed by atoms with Gasteiger partial charge < -0.3 is 5.32 Å². The fourth-order valence-electron chi connectivity index (χ4n) is 5.81. The molecule has 5 unspecified atom stereocenters. The predicted octanol–water partition coefficient (Wildman–Crippen LogP) is 4.09. The zero-order valence-corrected chi connectivity index (χ0v) is 18.9. The number of anilines is 1. The Morgan fingerprint density at radius 2 is 1.71 bits per heavy atom. The van der Waals surface area contributed by atoms with E-state index in [1.54, 1.807) is 6.92 Å². The fraction of sp³-hybridized carbons (Fsp3) is 0.346. The lowest BCUT2D eigenvalue weighted by Gasteiger charge is -2.29. The van der Waals surface area contributed by atoms with E-state index in [-0.39, 0.29) is 53.5 Å². The molecule has 174 valence electrons. The molecule has 1 aliphatic heterocycles. The van der Waals surface area contributed by atoms with E-state index in [4.69, 9.17) is 0 Å². The zero-order valence-electron chi connectivity index (χ0n) is 18.9. The smallest absolute Gasteiger partial charge is 0.269 e. The van der Waals surface area contributed by atoms with Crippen LogP contribution in [0.3, 0.4) is 0 Å². The number of carbonyl (C=O) groups is 3. The molecule has 2 fully saturated rings. The summed E-state index contributed by atoms with van der Waals surface area (Å²) in [4.78, 5) is 51.9. The summed E-state index contributed by atoms with van der Waals surface area (Å²) in [6.07, 6.45) is 4.84. The highest BCUT2D eigenvalue weighted by Crippen LogP contribution is 2.54. The summed E-state index contributed by atoms with van der Waals surface area (Å²) < 4.78 is 0. The van der Waals surface area contributed by atoms with Crippen molar-refractivity contribution in [2.45, 2.75) is 32.7 Å². The molecule has 0 aromatic heterocycles. The van der Waals surface area contributed by atoms with Crippen LogP contribution in [0.25, 0.3) is 0 Å². The van der Waals surface area contributed by atoms with E-state index < -0.39 is 11.0 Å². The first-order valence-corrected chi connectivity index (χ1v) is 11.4. The molecule has 1 heterocycles. The number of aryl methyl sites for hydroxylation is 2. The van der Waals surface area contributed by atoms with E-state index in [0.717, 1.165) is 17.5 Å². The van der Waals surface area contributed by atoms with Gasteiger partial charge in [-0.3, -0.25) is 29.4 Å². The highest BCUT2D eigenvalue weighted by molar-refractivity contribution is 6.07. The minimum absolute atomic E-state index is 0.0590. The monoisotopic (exact) mass is 459 g/mol. The number of nitro groups is 1. The molecule has 2 aliphatic carbocycles. The average Bonchev–Trinajstić information content (AvgIpc) is 3.48. The summed E-state index contributed by atoms with van der Waals surface area (Å²) in [7, 11) is 0. The molecule has 0 radical (unpaired) electrons. The molecule has 5 atom stereocenters. The van der Waals surface area contributed by atoms with Gasteiger partial charge in [0.2, 0.25) is 17.7 Å². The molecule has 3 amide bonds. The Labute approximate surface area is 196 Å². The topological polar surface area (TPSA) is 110 Å². The minimum atomic E-state index is -0.718. The maximum absolute atomic E-state index is 13.5. The number of carbonyl (C=O) groups excluding carboxylic acids is 3. The van der Waals surface area contributed by atoms with E-state index in [2.05, 4.69) is 5.32 Å². The minimum Gasteiger partial charge on any atom is -0.326 e. The number of amides is 3. The molecule has 1 N–H and O–H groups in total. The molecule has 5 rings (SSSR count). The van der Waals surface area contributed by atoms with Crippen molar-refractivity contribution in [2.24, 2.45) is 23.7 Å². The Morgan fingerprint density at radius 3 is 2.29 bits per heavy atom. The largest absolute Gasteiger partial charge is 0.326 e. The average molecular weight is 460 g/mol. The number of non-ortho nitro benzene ring substituents is 1. The second kappa shape index (κ2) is 8.20. The number of hydrogen-bond acceptors (Lipinski definition) is 5. The molecule has 1 saturated carbocycles. The molecule has 3 aliphatic rings. The number of rotatable bonds is 6. The van der Waals surface area contributed by atoms with Gasteiger partial charge >= 0.3 is 0 Å². The van der Waals surface area contributed by atoms with Crippen molar-refractivity contribution in [3.8, 4) is 0 Å². The van der Waals surface area contributed by atoms with Crippen LogP contribution in [0.5, 0.6) is 0 Å². The summed E-state index contributed by atoms with van der Waals surface area (Å²) >= 11 is 0. The lowest BCUT2D eigenvalue weighted by molar-refractivity contribution is -0.384. The summed E-state index contributed by atoms with van der Waals surface area (Å²) in [5.74, 6) is -1.26. The quantitative estimate of drug-likeness (QED) is 0.303. The van der Waals surface area contributed by atoms with Crippen LogP contribution >= 0.6 is 0 Å². The van der Waals surface area contributed by atoms with Crippen molar-refractivity contribution in [1.29, 1.82) is 0 Å². The number of allylic oxidation sites excluding steroid dienone is 2. The molecule has 34 heavy (non-hydrogen) atoms. The fourth-order valence-corrected chi connectivity index (χ4v) is 5.81. The number of nitrogens with zero attached hydrogens (tertiary/aromatic N) is 2. The van der Waals surface area contributed by atoms with Gasteiger partial charge in [0.25, 0.3) is 5.69 Å². The van der Waals surface area contributed by atoms with Crippen LogP contribution in [0.2, 0.25) is 0 Å². The maximum atomic E-state index is 13.5. The summed E-state index contributed by atoms with van der Waals surface area (Å²) in [6.45, 7) is 3.58. The van der Waals surface area contributed by atoms with Crippen molar-refractivity contribution in [3.63, 3.8) is 0 Å². The summed E-state index contributed by atoms with van der Waals surface area (Å²) in [5.41, 5.74) is 2.61. The number of nitro benzene ring substituents is 1. The van der Waals surface area contributed by atoms with Gasteiger partial charge in [-0.05, 0) is 54.9 Å². The Kier molecular flexibility index (Phi) is 5.31. The van der Waals surface area contributed by atoms with Gasteiger partial charge in [0.05, 0.1) is 29.2 Å². The van der Waals surface area contributed by atoms with E-state index in [1.165, 1.54) is 23.1 Å². The van der Waals surface area contributed by atoms with Crippen LogP contribution in [-0.2, 0) is 14.4 Å². The summed E-state index contributed by atoms with van der Waals surface area (Å²) in [6, 6.07) is 11.0. The molecular formula is C26H25N3O5. The molecule has 2 aromatic rings. The van der Waals surface area contributed by atoms with Crippen molar-refractivity contribution in [3.05, 3.63) is 81.4 Å². The number of nitrogens with one attached hydrogen (secondary N) is 1. The third-order valence-electron chi connectivity index (χ3n) is 7.44. The van der Waals surface area contributed by atoms with Crippen LogP contribution in [0.15, 0.2) is 54.6 Å². The lowest BCUT2D eigenvalue weighted by atomic mass is 9.85. The van der Waals surface area contributed by atoms with E-state index in [1.807, 2.05) is 43.3 Å². The highest BCUT2D eigenvalue weighted by atomic mass is 16.6. The Morgan fingerprint density at radius 1 is 1.06 bits per heavy atom. The van der Waals surface area contributed by atoms with E-state index in [9.17, 15) is 24.5 Å². The second-order valence-corrected chi connectivity index (χ2v) is 9.43. The van der Waals surface area contributed by atoms with E-state index in [0.29, 0.717) is 11.3 Å². The SMILES string of the molecule is Cc1cc([N+](=O)[O-])ccc1NC(=O)CC(c1ccccc1C)N1C(=O)C2C3C=CC(C3)C2C1=O. The normalized spacial score (nSPS) is 25.5. The van der Waals surface area contributed by atoms with Crippen LogP contribution in [0.4, 0.5) is 11.4 Å². The molecular weight excluding hydrogens is 434 g/mol. The number of hydrogen-bond donors (Lipinski definition) is 1. The Bertz CT molecular complexity index is 1220. The van der Waals surface area contributed by atoms with Gasteiger partial charge in [-0.15, -0.1) is 0 Å². The highest BCUT2D eigenvalue weighted by Gasteiger charge is 2.60. The molecule has 8 nitrogen and oxygen atoms in total. The zero-order chi connectivity index (χ0) is 24.1. The molecule has 1 saturated heterocycles. The third kappa shape index (κ3) is 3.50. The van der Waals surface area contributed by atoms with Crippen LogP contribution in [0, 0.1) is 47.6 Å². The van der Waals surface area contributed by atoms with Crippen molar-refractivity contribution in [1.82, 2.24) is 4.90 Å². The second-order valence-electron chi connectivity index (χ2n) is 9.43. The Hall–Kier alpha value is -3.81. The van der Waals surface area contributed by atoms with Crippen LogP contribution in [-0.4, -0.2) is 27.5 Å². The maximum Gasteiger partial charge on any atom is 0.269 e. The number of benzene rings is 2. The molecule has 0 spiro atoms. The van der Waals surface area contributed by atoms with Crippen molar-refractivity contribution in [2.75, 3.05) is 5.32 Å². The van der Waals surface area contributed by atoms with Crippen LogP contribution in [0.1, 0.15) is 35.6 Å². The molecule has 2 aromatic carbocycles. The first-order valence-electron chi connectivity index (χ1n) is 11.4. The van der Waals surface area contributed by atoms with Gasteiger partial charge in [-0.1, -0.05) is 36.4 Å². The number of imide groups is 1. The van der Waals surface area contributed by atoms with Gasteiger partial charge in [0, 0.05) is 17.8 Å². The van der Waals surface area contributed by atoms with Gasteiger partial charge in [0.15, 0.2) is 0 Å². The molecule has 8 heteroatoms. The summed E-state index contributed by atoms with van der Waals surface area (Å²) in [5, 5.41) is 13.8. The van der Waals surface area contributed by atoms with Crippen LogP contribution < -0.4 is 5.32 Å². The molecule has 2 bridgehead atoms.